The van der Waals surface area contributed by atoms with Gasteiger partial charge in [0.2, 0.25) is 0 Å². The van der Waals surface area contributed by atoms with Gasteiger partial charge in [-0.3, -0.25) is 0 Å². The Balaban J connectivity index is 2.19. The minimum atomic E-state index is -0.480. The number of nitrogens with one attached hydrogen (secondary N) is 1. The summed E-state index contributed by atoms with van der Waals surface area (Å²) in [6.45, 7) is 3.76. The van der Waals surface area contributed by atoms with Gasteiger partial charge in [0.15, 0.2) is 0 Å². The van der Waals surface area contributed by atoms with Crippen LogP contribution in [0.5, 0.6) is 5.75 Å². The van der Waals surface area contributed by atoms with Crippen LogP contribution in [0.2, 0.25) is 5.02 Å². The zero-order valence-electron chi connectivity index (χ0n) is 10.5. The number of aryl methyl sites for hydroxylation is 2. The van der Waals surface area contributed by atoms with E-state index < -0.39 is 5.82 Å². The van der Waals surface area contributed by atoms with Crippen molar-refractivity contribution in [3.8, 4) is 5.75 Å². The van der Waals surface area contributed by atoms with Gasteiger partial charge in [0.1, 0.15) is 28.2 Å². The molecule has 100 valence electrons. The highest BCUT2D eigenvalue weighted by molar-refractivity contribution is 6.33. The largest absolute Gasteiger partial charge is 0.508 e. The van der Waals surface area contributed by atoms with Crippen LogP contribution in [0.1, 0.15) is 17.1 Å². The van der Waals surface area contributed by atoms with E-state index in [1.54, 1.807) is 13.8 Å². The third-order valence-corrected chi connectivity index (χ3v) is 3.06. The fourth-order valence-corrected chi connectivity index (χ4v) is 1.83. The van der Waals surface area contributed by atoms with Crippen molar-refractivity contribution in [3.05, 3.63) is 46.1 Å². The highest BCUT2D eigenvalue weighted by Gasteiger charge is 2.09. The molecule has 0 saturated carbocycles. The topological polar surface area (TPSA) is 58.0 Å². The van der Waals surface area contributed by atoms with Gasteiger partial charge in [0.05, 0.1) is 5.69 Å². The Kier molecular flexibility index (Phi) is 3.85. The lowest BCUT2D eigenvalue weighted by Crippen LogP contribution is -2.06. The van der Waals surface area contributed by atoms with Crippen LogP contribution in [0, 0.1) is 19.7 Å². The van der Waals surface area contributed by atoms with Crippen molar-refractivity contribution in [3.63, 3.8) is 0 Å². The summed E-state index contributed by atoms with van der Waals surface area (Å²) >= 11 is 6.08. The molecule has 0 aliphatic heterocycles. The van der Waals surface area contributed by atoms with Crippen LogP contribution in [-0.4, -0.2) is 15.1 Å². The molecule has 0 saturated heterocycles. The lowest BCUT2D eigenvalue weighted by molar-refractivity contribution is 0.468. The summed E-state index contributed by atoms with van der Waals surface area (Å²) in [5.41, 5.74) is 1.09. The summed E-state index contributed by atoms with van der Waals surface area (Å²) in [5, 5.41) is 12.5. The van der Waals surface area contributed by atoms with Crippen LogP contribution in [-0.2, 0) is 6.54 Å². The third-order valence-electron chi connectivity index (χ3n) is 2.61. The van der Waals surface area contributed by atoms with Crippen molar-refractivity contribution in [2.45, 2.75) is 20.4 Å². The standard InChI is InChI=1S/C13H13ClFN3O/c1-7-12(14)13(18-8(2)17-7)16-6-9-3-4-10(19)5-11(9)15/h3-5,19H,6H2,1-2H3,(H,16,17,18). The Morgan fingerprint density at radius 1 is 1.32 bits per heavy atom. The SMILES string of the molecule is Cc1nc(C)c(Cl)c(NCc2ccc(O)cc2F)n1. The summed E-state index contributed by atoms with van der Waals surface area (Å²) in [7, 11) is 0. The van der Waals surface area contributed by atoms with Crippen molar-refractivity contribution in [1.82, 2.24) is 9.97 Å². The van der Waals surface area contributed by atoms with Crippen LogP contribution in [0.25, 0.3) is 0 Å². The number of phenols is 1. The first-order valence-electron chi connectivity index (χ1n) is 5.69. The number of hydrogen-bond donors (Lipinski definition) is 2. The van der Waals surface area contributed by atoms with E-state index in [4.69, 9.17) is 16.7 Å². The molecule has 6 heteroatoms. The van der Waals surface area contributed by atoms with Crippen LogP contribution in [0.4, 0.5) is 10.2 Å². The number of aromatic hydroxyl groups is 1. The molecular formula is C13H13ClFN3O. The third kappa shape index (κ3) is 3.12. The molecule has 0 unspecified atom stereocenters. The zero-order chi connectivity index (χ0) is 14.0. The van der Waals surface area contributed by atoms with Crippen molar-refractivity contribution in [2.24, 2.45) is 0 Å². The number of rotatable bonds is 3. The van der Waals surface area contributed by atoms with Gasteiger partial charge < -0.3 is 10.4 Å². The molecule has 2 rings (SSSR count). The zero-order valence-corrected chi connectivity index (χ0v) is 11.3. The van der Waals surface area contributed by atoms with Crippen LogP contribution in [0.15, 0.2) is 18.2 Å². The maximum atomic E-state index is 13.5. The average Bonchev–Trinajstić information content (AvgIpc) is 2.33. The van der Waals surface area contributed by atoms with Crippen molar-refractivity contribution in [2.75, 3.05) is 5.32 Å². The van der Waals surface area contributed by atoms with Gasteiger partial charge >= 0.3 is 0 Å². The minimum Gasteiger partial charge on any atom is -0.508 e. The van der Waals surface area contributed by atoms with Gasteiger partial charge in [0.25, 0.3) is 0 Å². The fourth-order valence-electron chi connectivity index (χ4n) is 1.67. The van der Waals surface area contributed by atoms with E-state index >= 15 is 0 Å². The number of aromatic nitrogens is 2. The molecule has 0 aliphatic rings. The van der Waals surface area contributed by atoms with E-state index in [9.17, 15) is 4.39 Å². The second kappa shape index (κ2) is 5.40. The molecule has 0 amide bonds. The van der Waals surface area contributed by atoms with Crippen molar-refractivity contribution >= 4 is 17.4 Å². The molecule has 4 nitrogen and oxygen atoms in total. The average molecular weight is 282 g/mol. The van der Waals surface area contributed by atoms with E-state index in [1.165, 1.54) is 12.1 Å². The van der Waals surface area contributed by atoms with E-state index in [0.717, 1.165) is 6.07 Å². The second-order valence-corrected chi connectivity index (χ2v) is 4.53. The summed E-state index contributed by atoms with van der Waals surface area (Å²) in [6.07, 6.45) is 0. The maximum absolute atomic E-state index is 13.5. The monoisotopic (exact) mass is 281 g/mol. The smallest absolute Gasteiger partial charge is 0.149 e. The lowest BCUT2D eigenvalue weighted by atomic mass is 10.2. The Hall–Kier alpha value is -1.88. The summed E-state index contributed by atoms with van der Waals surface area (Å²) in [5.74, 6) is 0.480. The molecule has 0 radical (unpaired) electrons. The first-order chi connectivity index (χ1) is 8.97. The van der Waals surface area contributed by atoms with Gasteiger partial charge in [-0.1, -0.05) is 17.7 Å². The van der Waals surface area contributed by atoms with Crippen LogP contribution in [0.3, 0.4) is 0 Å². The minimum absolute atomic E-state index is 0.104. The molecule has 2 N–H and O–H groups in total. The number of benzene rings is 1. The van der Waals surface area contributed by atoms with E-state index in [1.807, 2.05) is 0 Å². The predicted molar refractivity (Wildman–Crippen MR) is 71.9 cm³/mol. The molecular weight excluding hydrogens is 269 g/mol. The number of hydrogen-bond acceptors (Lipinski definition) is 4. The fraction of sp³-hybridized carbons (Fsp3) is 0.231. The first-order valence-corrected chi connectivity index (χ1v) is 6.07. The molecule has 0 aliphatic carbocycles. The highest BCUT2D eigenvalue weighted by atomic mass is 35.5. The van der Waals surface area contributed by atoms with Gasteiger partial charge in [-0.05, 0) is 19.9 Å². The van der Waals surface area contributed by atoms with Crippen molar-refractivity contribution in [1.29, 1.82) is 0 Å². The number of anilines is 1. The molecule has 0 spiro atoms. The molecule has 2 aromatic rings. The molecule has 1 aromatic heterocycles. The Bertz CT molecular complexity index is 619. The Morgan fingerprint density at radius 2 is 2.05 bits per heavy atom. The summed E-state index contributed by atoms with van der Waals surface area (Å²) in [4.78, 5) is 8.30. The van der Waals surface area contributed by atoms with Gasteiger partial charge in [-0.2, -0.15) is 0 Å². The summed E-state index contributed by atoms with van der Waals surface area (Å²) in [6, 6.07) is 4.00. The van der Waals surface area contributed by atoms with Gasteiger partial charge in [-0.25, -0.2) is 14.4 Å². The molecule has 0 atom stereocenters. The Morgan fingerprint density at radius 3 is 2.74 bits per heavy atom. The quantitative estimate of drug-likeness (QED) is 0.907. The molecule has 19 heavy (non-hydrogen) atoms. The molecule has 1 aromatic carbocycles. The predicted octanol–water partition coefficient (Wildman–Crippen LogP) is 3.20. The molecule has 1 heterocycles. The molecule has 0 bridgehead atoms. The van der Waals surface area contributed by atoms with Crippen LogP contribution < -0.4 is 5.32 Å². The number of phenolic OH excluding ortho intramolecular Hbond substituents is 1. The number of halogens is 2. The maximum Gasteiger partial charge on any atom is 0.149 e. The summed E-state index contributed by atoms with van der Waals surface area (Å²) < 4.78 is 13.5. The van der Waals surface area contributed by atoms with Crippen LogP contribution >= 0.6 is 11.6 Å². The van der Waals surface area contributed by atoms with Crippen molar-refractivity contribution < 1.29 is 9.50 Å². The highest BCUT2D eigenvalue weighted by Crippen LogP contribution is 2.23. The first kappa shape index (κ1) is 13.5. The van der Waals surface area contributed by atoms with E-state index in [2.05, 4.69) is 15.3 Å². The number of nitrogens with zero attached hydrogens (tertiary/aromatic N) is 2. The van der Waals surface area contributed by atoms with Gasteiger partial charge in [-0.15, -0.1) is 0 Å². The second-order valence-electron chi connectivity index (χ2n) is 4.15. The normalized spacial score (nSPS) is 10.5. The lowest BCUT2D eigenvalue weighted by Gasteiger charge is -2.10. The molecule has 0 fully saturated rings. The van der Waals surface area contributed by atoms with Gasteiger partial charge in [0, 0.05) is 18.2 Å². The van der Waals surface area contributed by atoms with E-state index in [0.29, 0.717) is 27.9 Å². The Labute approximate surface area is 115 Å². The van der Waals surface area contributed by atoms with E-state index in [-0.39, 0.29) is 12.3 Å².